The molecule has 1 aliphatic heterocycles. The average Bonchev–Trinajstić information content (AvgIpc) is 2.60. The fourth-order valence-electron chi connectivity index (χ4n) is 3.61. The minimum Gasteiger partial charge on any atom is -0.507 e. The van der Waals surface area contributed by atoms with Crippen molar-refractivity contribution in [3.8, 4) is 11.5 Å². The lowest BCUT2D eigenvalue weighted by atomic mass is 9.98. The molecular weight excluding hydrogens is 328 g/mol. The number of ether oxygens (including phenoxy) is 1. The zero-order valence-electron chi connectivity index (χ0n) is 14.4. The largest absolute Gasteiger partial charge is 0.507 e. The number of phenols is 1. The van der Waals surface area contributed by atoms with Gasteiger partial charge >= 0.3 is 0 Å². The van der Waals surface area contributed by atoms with Crippen LogP contribution in [0.15, 0.2) is 57.8 Å². The quantitative estimate of drug-likeness (QED) is 0.361. The minimum atomic E-state index is -0.486. The number of fused-ring (bicyclic) bond motifs is 6. The molecule has 0 aliphatic carbocycles. The molecule has 26 heavy (non-hydrogen) atoms. The summed E-state index contributed by atoms with van der Waals surface area (Å²) in [7, 11) is 0. The molecule has 0 radical (unpaired) electrons. The van der Waals surface area contributed by atoms with E-state index < -0.39 is 5.60 Å². The van der Waals surface area contributed by atoms with E-state index in [-0.39, 0.29) is 16.6 Å². The van der Waals surface area contributed by atoms with Crippen LogP contribution in [0, 0.1) is 0 Å². The molecule has 128 valence electrons. The Labute approximate surface area is 148 Å². The van der Waals surface area contributed by atoms with Crippen LogP contribution < -0.4 is 10.2 Å². The van der Waals surface area contributed by atoms with Crippen LogP contribution in [0.4, 0.5) is 0 Å². The van der Waals surface area contributed by atoms with Gasteiger partial charge in [-0.1, -0.05) is 30.3 Å². The van der Waals surface area contributed by atoms with Crippen molar-refractivity contribution in [1.29, 1.82) is 0 Å². The summed E-state index contributed by atoms with van der Waals surface area (Å²) in [4.78, 5) is 13.3. The summed E-state index contributed by atoms with van der Waals surface area (Å²) in [5.74, 6) is 0.374. The molecule has 1 N–H and O–H groups in total. The molecule has 0 unspecified atom stereocenters. The molecule has 1 aliphatic rings. The lowest BCUT2D eigenvalue weighted by molar-refractivity contribution is 0.158. The lowest BCUT2D eigenvalue weighted by Crippen LogP contribution is -2.27. The molecule has 4 aromatic rings. The van der Waals surface area contributed by atoms with Crippen LogP contribution in [0.5, 0.6) is 11.5 Å². The fourth-order valence-corrected chi connectivity index (χ4v) is 3.61. The molecule has 2 heterocycles. The molecule has 0 saturated heterocycles. The van der Waals surface area contributed by atoms with Crippen molar-refractivity contribution in [2.45, 2.75) is 19.4 Å². The van der Waals surface area contributed by atoms with Gasteiger partial charge in [-0.25, -0.2) is 0 Å². The van der Waals surface area contributed by atoms with Gasteiger partial charge in [0, 0.05) is 6.07 Å². The van der Waals surface area contributed by atoms with Crippen molar-refractivity contribution in [1.82, 2.24) is 0 Å². The van der Waals surface area contributed by atoms with Crippen molar-refractivity contribution in [2.75, 3.05) is 0 Å². The second-order valence-electron chi connectivity index (χ2n) is 7.14. The van der Waals surface area contributed by atoms with Gasteiger partial charge in [0.1, 0.15) is 28.1 Å². The smallest absolute Gasteiger partial charge is 0.204 e. The van der Waals surface area contributed by atoms with Gasteiger partial charge in [0.2, 0.25) is 5.43 Å². The Morgan fingerprint density at radius 3 is 2.69 bits per heavy atom. The zero-order chi connectivity index (χ0) is 18.1. The van der Waals surface area contributed by atoms with E-state index in [1.165, 1.54) is 6.07 Å². The van der Waals surface area contributed by atoms with Crippen molar-refractivity contribution >= 4 is 38.8 Å². The molecule has 0 amide bonds. The Hall–Kier alpha value is -3.27. The van der Waals surface area contributed by atoms with Gasteiger partial charge in [0.05, 0.1) is 10.9 Å². The first kappa shape index (κ1) is 15.0. The van der Waals surface area contributed by atoms with Crippen LogP contribution in [-0.4, -0.2) is 10.7 Å². The lowest BCUT2D eigenvalue weighted by Gasteiger charge is -2.28. The maximum absolute atomic E-state index is 13.3. The predicted octanol–water partition coefficient (Wildman–Crippen LogP) is 4.99. The number of benzene rings is 3. The summed E-state index contributed by atoms with van der Waals surface area (Å²) in [6, 6.07) is 12.9. The normalized spacial score (nSPS) is 15.3. The highest BCUT2D eigenvalue weighted by Crippen LogP contribution is 2.41. The number of phenolic OH excluding ortho intramolecular Hbond substituents is 1. The van der Waals surface area contributed by atoms with Crippen LogP contribution >= 0.6 is 0 Å². The van der Waals surface area contributed by atoms with Crippen LogP contribution in [-0.2, 0) is 0 Å². The summed E-state index contributed by atoms with van der Waals surface area (Å²) < 4.78 is 12.0. The SMILES string of the molecule is CC1(C)C=Cc2c(cc(O)c3c(=O)c4c(ccc5ccccc54)oc23)O1. The third-order valence-electron chi connectivity index (χ3n) is 4.84. The average molecular weight is 344 g/mol. The summed E-state index contributed by atoms with van der Waals surface area (Å²) in [6.45, 7) is 3.85. The van der Waals surface area contributed by atoms with Gasteiger partial charge in [-0.05, 0) is 42.8 Å². The molecule has 5 rings (SSSR count). The highest BCUT2D eigenvalue weighted by molar-refractivity contribution is 6.09. The van der Waals surface area contributed by atoms with E-state index in [0.29, 0.717) is 27.9 Å². The summed E-state index contributed by atoms with van der Waals surface area (Å²) in [5.41, 5.74) is 0.785. The van der Waals surface area contributed by atoms with Crippen LogP contribution in [0.1, 0.15) is 19.4 Å². The Kier molecular flexibility index (Phi) is 2.82. The molecular formula is C22H16O4. The van der Waals surface area contributed by atoms with E-state index in [1.807, 2.05) is 56.3 Å². The summed E-state index contributed by atoms with van der Waals surface area (Å²) in [6.07, 6.45) is 3.80. The minimum absolute atomic E-state index is 0.131. The molecule has 4 nitrogen and oxygen atoms in total. The van der Waals surface area contributed by atoms with Gasteiger partial charge in [-0.15, -0.1) is 0 Å². The van der Waals surface area contributed by atoms with Crippen molar-refractivity contribution < 1.29 is 14.3 Å². The Bertz CT molecular complexity index is 1310. The number of rotatable bonds is 0. The second-order valence-corrected chi connectivity index (χ2v) is 7.14. The van der Waals surface area contributed by atoms with Gasteiger partial charge in [0.15, 0.2) is 5.58 Å². The van der Waals surface area contributed by atoms with E-state index >= 15 is 0 Å². The maximum atomic E-state index is 13.3. The Morgan fingerprint density at radius 1 is 1.04 bits per heavy atom. The molecule has 4 heteroatoms. The monoisotopic (exact) mass is 344 g/mol. The maximum Gasteiger partial charge on any atom is 0.204 e. The first-order valence-corrected chi connectivity index (χ1v) is 8.47. The van der Waals surface area contributed by atoms with E-state index in [0.717, 1.165) is 10.8 Å². The number of aromatic hydroxyl groups is 1. The summed E-state index contributed by atoms with van der Waals surface area (Å²) in [5, 5.41) is 13.0. The summed E-state index contributed by atoms with van der Waals surface area (Å²) >= 11 is 0. The van der Waals surface area contributed by atoms with E-state index in [4.69, 9.17) is 9.15 Å². The molecule has 0 saturated carbocycles. The van der Waals surface area contributed by atoms with Gasteiger partial charge in [-0.2, -0.15) is 0 Å². The van der Waals surface area contributed by atoms with E-state index in [9.17, 15) is 9.90 Å². The van der Waals surface area contributed by atoms with Gasteiger partial charge < -0.3 is 14.3 Å². The van der Waals surface area contributed by atoms with Crippen molar-refractivity contribution in [2.24, 2.45) is 0 Å². The van der Waals surface area contributed by atoms with E-state index in [1.54, 1.807) is 6.07 Å². The second kappa shape index (κ2) is 4.88. The standard InChI is InChI=1S/C22H16O4/c1-22(2)10-9-14-17(26-22)11-15(23)19-20(24)18-13-6-4-3-5-12(13)7-8-16(18)25-21(14)19/h3-11,23H,1-2H3. The predicted molar refractivity (Wildman–Crippen MR) is 103 cm³/mol. The first-order chi connectivity index (χ1) is 12.4. The van der Waals surface area contributed by atoms with Gasteiger partial charge in [-0.3, -0.25) is 4.79 Å². The van der Waals surface area contributed by atoms with Crippen LogP contribution in [0.25, 0.3) is 38.8 Å². The molecule has 3 aromatic carbocycles. The molecule has 0 atom stereocenters. The topological polar surface area (TPSA) is 59.7 Å². The Balaban J connectivity index is 1.99. The van der Waals surface area contributed by atoms with Crippen LogP contribution in [0.2, 0.25) is 0 Å². The molecule has 1 aromatic heterocycles. The van der Waals surface area contributed by atoms with E-state index in [2.05, 4.69) is 0 Å². The third kappa shape index (κ3) is 1.99. The van der Waals surface area contributed by atoms with Crippen molar-refractivity contribution in [3.05, 3.63) is 64.3 Å². The highest BCUT2D eigenvalue weighted by Gasteiger charge is 2.26. The van der Waals surface area contributed by atoms with Crippen LogP contribution in [0.3, 0.4) is 0 Å². The molecule has 0 fully saturated rings. The zero-order valence-corrected chi connectivity index (χ0v) is 14.4. The number of hydrogen-bond acceptors (Lipinski definition) is 4. The highest BCUT2D eigenvalue weighted by atomic mass is 16.5. The molecule has 0 bridgehead atoms. The van der Waals surface area contributed by atoms with Crippen molar-refractivity contribution in [3.63, 3.8) is 0 Å². The molecule has 0 spiro atoms. The number of hydrogen-bond donors (Lipinski definition) is 1. The first-order valence-electron chi connectivity index (χ1n) is 8.47. The Morgan fingerprint density at radius 2 is 1.85 bits per heavy atom. The van der Waals surface area contributed by atoms with Gasteiger partial charge in [0.25, 0.3) is 0 Å². The third-order valence-corrected chi connectivity index (χ3v) is 4.84. The fraction of sp³-hybridized carbons (Fsp3) is 0.136.